The summed E-state index contributed by atoms with van der Waals surface area (Å²) in [7, 11) is 0. The molecule has 1 aliphatic heterocycles. The first-order valence-corrected chi connectivity index (χ1v) is 11.7. The fraction of sp³-hybridized carbons (Fsp3) is 0.619. The van der Waals surface area contributed by atoms with Gasteiger partial charge in [-0.3, -0.25) is 9.69 Å². The van der Waals surface area contributed by atoms with E-state index in [-0.39, 0.29) is 11.4 Å². The summed E-state index contributed by atoms with van der Waals surface area (Å²) in [6, 6.07) is 8.00. The monoisotopic (exact) mass is 430 g/mol. The molecule has 4 rings (SSSR count). The highest BCUT2D eigenvalue weighted by Crippen LogP contribution is 2.34. The quantitative estimate of drug-likeness (QED) is 0.674. The van der Waals surface area contributed by atoms with Gasteiger partial charge in [0.2, 0.25) is 11.1 Å². The smallest absolute Gasteiger partial charge is 0.230 e. The number of nitrogens with one attached hydrogen (secondary N) is 1. The molecule has 2 fully saturated rings. The van der Waals surface area contributed by atoms with Crippen LogP contribution in [0.4, 0.5) is 0 Å². The number of morpholine rings is 1. The summed E-state index contributed by atoms with van der Waals surface area (Å²) in [6.45, 7) is 6.22. The number of aromatic nitrogens is 4. The number of benzene rings is 1. The highest BCUT2D eigenvalue weighted by Gasteiger charge is 2.38. The lowest BCUT2D eigenvalue weighted by atomic mass is 9.79. The molecule has 2 aliphatic rings. The van der Waals surface area contributed by atoms with Crippen LogP contribution in [-0.4, -0.2) is 75.2 Å². The van der Waals surface area contributed by atoms with Gasteiger partial charge in [0.05, 0.1) is 24.7 Å². The van der Waals surface area contributed by atoms with Gasteiger partial charge in [-0.05, 0) is 42.3 Å². The number of carbonyl (C=O) groups is 1. The molecule has 9 heteroatoms. The van der Waals surface area contributed by atoms with Gasteiger partial charge in [-0.1, -0.05) is 48.7 Å². The number of thioether (sulfide) groups is 1. The van der Waals surface area contributed by atoms with Gasteiger partial charge in [0.15, 0.2) is 0 Å². The Kier molecular flexibility index (Phi) is 7.01. The van der Waals surface area contributed by atoms with Crippen molar-refractivity contribution in [3.05, 3.63) is 29.8 Å². The Morgan fingerprint density at radius 2 is 1.90 bits per heavy atom. The molecule has 1 amide bonds. The molecule has 0 unspecified atom stereocenters. The summed E-state index contributed by atoms with van der Waals surface area (Å²) in [4.78, 5) is 15.2. The van der Waals surface area contributed by atoms with Crippen molar-refractivity contribution >= 4 is 17.7 Å². The highest BCUT2D eigenvalue weighted by atomic mass is 32.2. The fourth-order valence-electron chi connectivity index (χ4n) is 4.41. The van der Waals surface area contributed by atoms with Crippen LogP contribution in [0.2, 0.25) is 0 Å². The molecule has 1 aliphatic carbocycles. The molecule has 0 spiro atoms. The zero-order valence-electron chi connectivity index (χ0n) is 17.5. The Morgan fingerprint density at radius 3 is 2.63 bits per heavy atom. The second kappa shape index (κ2) is 9.89. The minimum absolute atomic E-state index is 0.0247. The summed E-state index contributed by atoms with van der Waals surface area (Å²) >= 11 is 1.36. The van der Waals surface area contributed by atoms with Crippen LogP contribution in [0.25, 0.3) is 5.69 Å². The van der Waals surface area contributed by atoms with E-state index in [0.717, 1.165) is 44.8 Å². The predicted octanol–water partition coefficient (Wildman–Crippen LogP) is 2.21. The number of nitrogens with zero attached hydrogens (tertiary/aromatic N) is 5. The number of tetrazole rings is 1. The van der Waals surface area contributed by atoms with Crippen LogP contribution in [0.15, 0.2) is 29.4 Å². The first kappa shape index (κ1) is 21.3. The molecular weight excluding hydrogens is 400 g/mol. The predicted molar refractivity (Wildman–Crippen MR) is 116 cm³/mol. The fourth-order valence-corrected chi connectivity index (χ4v) is 5.13. The minimum Gasteiger partial charge on any atom is -0.379 e. The average molecular weight is 431 g/mol. The van der Waals surface area contributed by atoms with Crippen molar-refractivity contribution in [3.63, 3.8) is 0 Å². The maximum atomic E-state index is 12.6. The lowest BCUT2D eigenvalue weighted by Crippen LogP contribution is -2.59. The van der Waals surface area contributed by atoms with Crippen LogP contribution in [0.3, 0.4) is 0 Å². The molecule has 1 saturated carbocycles. The van der Waals surface area contributed by atoms with E-state index in [0.29, 0.717) is 17.5 Å². The van der Waals surface area contributed by atoms with E-state index >= 15 is 0 Å². The first-order chi connectivity index (χ1) is 14.7. The molecule has 30 heavy (non-hydrogen) atoms. The van der Waals surface area contributed by atoms with E-state index in [1.807, 2.05) is 31.2 Å². The van der Waals surface area contributed by atoms with Gasteiger partial charge in [-0.25, -0.2) is 0 Å². The van der Waals surface area contributed by atoms with Crippen molar-refractivity contribution in [3.8, 4) is 5.69 Å². The summed E-state index contributed by atoms with van der Waals surface area (Å²) in [5, 5.41) is 15.8. The molecule has 2 aromatic rings. The van der Waals surface area contributed by atoms with Gasteiger partial charge in [0, 0.05) is 25.2 Å². The van der Waals surface area contributed by atoms with Gasteiger partial charge in [-0.15, -0.1) is 5.10 Å². The lowest BCUT2D eigenvalue weighted by Gasteiger charge is -2.48. The molecule has 1 saturated heterocycles. The maximum Gasteiger partial charge on any atom is 0.230 e. The largest absolute Gasteiger partial charge is 0.379 e. The van der Waals surface area contributed by atoms with Crippen LogP contribution in [0.1, 0.15) is 37.7 Å². The van der Waals surface area contributed by atoms with Gasteiger partial charge >= 0.3 is 0 Å². The normalized spacial score (nSPS) is 19.5. The standard InChI is InChI=1S/C21H30N6O2S/c1-17-5-7-18(8-6-17)27-20(23-24-25-27)30-15-19(28)22-16-21(9-3-2-4-10-21)26-11-13-29-14-12-26/h5-8H,2-4,9-16H2,1H3,(H,22,28). The number of hydrogen-bond acceptors (Lipinski definition) is 7. The number of ether oxygens (including phenoxy) is 1. The number of rotatable bonds is 7. The van der Waals surface area contributed by atoms with Crippen LogP contribution < -0.4 is 5.32 Å². The van der Waals surface area contributed by atoms with Crippen LogP contribution in [0.5, 0.6) is 0 Å². The topological polar surface area (TPSA) is 85.2 Å². The van der Waals surface area contributed by atoms with Crippen molar-refractivity contribution in [1.29, 1.82) is 0 Å². The average Bonchev–Trinajstić information content (AvgIpc) is 3.27. The van der Waals surface area contributed by atoms with Gasteiger partial charge < -0.3 is 10.1 Å². The molecule has 8 nitrogen and oxygen atoms in total. The van der Waals surface area contributed by atoms with Crippen molar-refractivity contribution in [2.24, 2.45) is 0 Å². The minimum atomic E-state index is 0.0247. The second-order valence-corrected chi connectivity index (χ2v) is 9.10. The molecule has 0 radical (unpaired) electrons. The Bertz CT molecular complexity index is 828. The molecule has 1 aromatic heterocycles. The Balaban J connectivity index is 1.33. The third-order valence-corrected chi connectivity index (χ3v) is 7.05. The number of hydrogen-bond donors (Lipinski definition) is 1. The summed E-state index contributed by atoms with van der Waals surface area (Å²) < 4.78 is 7.22. The maximum absolute atomic E-state index is 12.6. The zero-order valence-corrected chi connectivity index (χ0v) is 18.4. The Morgan fingerprint density at radius 1 is 1.17 bits per heavy atom. The van der Waals surface area contributed by atoms with E-state index in [1.165, 1.54) is 36.6 Å². The molecule has 0 atom stereocenters. The molecule has 2 heterocycles. The molecule has 0 bridgehead atoms. The van der Waals surface area contributed by atoms with Crippen molar-refractivity contribution in [2.45, 2.75) is 49.7 Å². The molecule has 162 valence electrons. The summed E-state index contributed by atoms with van der Waals surface area (Å²) in [5.74, 6) is 0.322. The van der Waals surface area contributed by atoms with Gasteiger partial charge in [-0.2, -0.15) is 4.68 Å². The van der Waals surface area contributed by atoms with Gasteiger partial charge in [0.25, 0.3) is 0 Å². The molecule has 1 aromatic carbocycles. The Hall–Kier alpha value is -1.97. The van der Waals surface area contributed by atoms with Crippen molar-refractivity contribution in [1.82, 2.24) is 30.4 Å². The zero-order chi connectivity index (χ0) is 20.8. The van der Waals surface area contributed by atoms with E-state index in [9.17, 15) is 4.79 Å². The third-order valence-electron chi connectivity index (χ3n) is 6.13. The third kappa shape index (κ3) is 5.01. The van der Waals surface area contributed by atoms with E-state index < -0.39 is 0 Å². The number of carbonyl (C=O) groups excluding carboxylic acids is 1. The number of amides is 1. The Labute approximate surface area is 181 Å². The van der Waals surface area contributed by atoms with E-state index in [1.54, 1.807) is 4.68 Å². The first-order valence-electron chi connectivity index (χ1n) is 10.7. The van der Waals surface area contributed by atoms with Crippen LogP contribution in [-0.2, 0) is 9.53 Å². The highest BCUT2D eigenvalue weighted by molar-refractivity contribution is 7.99. The second-order valence-electron chi connectivity index (χ2n) is 8.16. The van der Waals surface area contributed by atoms with E-state index in [2.05, 4.69) is 25.7 Å². The summed E-state index contributed by atoms with van der Waals surface area (Å²) in [6.07, 6.45) is 6.04. The molecular formula is C21H30N6O2S. The molecule has 1 N–H and O–H groups in total. The van der Waals surface area contributed by atoms with Crippen LogP contribution in [0, 0.1) is 6.92 Å². The lowest BCUT2D eigenvalue weighted by molar-refractivity contribution is -0.119. The SMILES string of the molecule is Cc1ccc(-n2nnnc2SCC(=O)NCC2(N3CCOCC3)CCCCC2)cc1. The van der Waals surface area contributed by atoms with Crippen molar-refractivity contribution in [2.75, 3.05) is 38.6 Å². The van der Waals surface area contributed by atoms with E-state index in [4.69, 9.17) is 4.74 Å². The van der Waals surface area contributed by atoms with Gasteiger partial charge in [0.1, 0.15) is 0 Å². The van der Waals surface area contributed by atoms with Crippen molar-refractivity contribution < 1.29 is 9.53 Å². The summed E-state index contributed by atoms with van der Waals surface area (Å²) in [5.41, 5.74) is 2.14. The van der Waals surface area contributed by atoms with Crippen LogP contribution >= 0.6 is 11.8 Å². The number of aryl methyl sites for hydroxylation is 1.